The highest BCUT2D eigenvalue weighted by Gasteiger charge is 2.26. The summed E-state index contributed by atoms with van der Waals surface area (Å²) in [6.45, 7) is -0.253. The summed E-state index contributed by atoms with van der Waals surface area (Å²) in [5, 5.41) is 15.1. The highest BCUT2D eigenvalue weighted by Crippen LogP contribution is 2.17. The van der Waals surface area contributed by atoms with E-state index in [0.29, 0.717) is 5.82 Å². The summed E-state index contributed by atoms with van der Waals surface area (Å²) < 4.78 is 27.5. The second kappa shape index (κ2) is 5.11. The van der Waals surface area contributed by atoms with Crippen LogP contribution in [0.5, 0.6) is 0 Å². The van der Waals surface area contributed by atoms with Gasteiger partial charge in [0.1, 0.15) is 5.82 Å². The van der Waals surface area contributed by atoms with Crippen LogP contribution >= 0.6 is 0 Å². The summed E-state index contributed by atoms with van der Waals surface area (Å²) in [6.07, 6.45) is 4.64. The number of rotatable bonds is 5. The van der Waals surface area contributed by atoms with E-state index in [1.807, 2.05) is 0 Å². The Kier molecular flexibility index (Phi) is 3.69. The molecule has 2 N–H and O–H groups in total. The molecular formula is C10H15N5O3S. The second-order valence-corrected chi connectivity index (χ2v) is 6.08. The van der Waals surface area contributed by atoms with Crippen molar-refractivity contribution in [1.82, 2.24) is 24.1 Å². The van der Waals surface area contributed by atoms with Gasteiger partial charge < -0.3 is 9.67 Å². The SMILES string of the molecule is CN(Cc1nccn1C)S(=O)(=O)c1[nH]ncc1CO. The Morgan fingerprint density at radius 2 is 2.26 bits per heavy atom. The van der Waals surface area contributed by atoms with Crippen molar-refractivity contribution in [3.05, 3.63) is 30.0 Å². The van der Waals surface area contributed by atoms with E-state index in [4.69, 9.17) is 5.11 Å². The molecule has 0 unspecified atom stereocenters. The number of hydrogen-bond acceptors (Lipinski definition) is 5. The fourth-order valence-corrected chi connectivity index (χ4v) is 2.84. The van der Waals surface area contributed by atoms with Crippen LogP contribution in [-0.4, -0.2) is 44.6 Å². The number of imidazole rings is 1. The maximum atomic E-state index is 12.3. The summed E-state index contributed by atoms with van der Waals surface area (Å²) in [5.74, 6) is 0.621. The monoisotopic (exact) mass is 285 g/mol. The number of aromatic amines is 1. The molecule has 0 bridgehead atoms. The minimum Gasteiger partial charge on any atom is -0.392 e. The average Bonchev–Trinajstić information content (AvgIpc) is 2.98. The third-order valence-electron chi connectivity index (χ3n) is 2.80. The van der Waals surface area contributed by atoms with Crippen LogP contribution in [0.3, 0.4) is 0 Å². The Hall–Kier alpha value is -1.71. The highest BCUT2D eigenvalue weighted by atomic mass is 32.2. The molecule has 2 heterocycles. The van der Waals surface area contributed by atoms with E-state index in [-0.39, 0.29) is 23.7 Å². The van der Waals surface area contributed by atoms with Gasteiger partial charge in [-0.1, -0.05) is 0 Å². The molecule has 2 aromatic heterocycles. The molecule has 0 fully saturated rings. The Balaban J connectivity index is 2.27. The largest absolute Gasteiger partial charge is 0.392 e. The van der Waals surface area contributed by atoms with Gasteiger partial charge >= 0.3 is 0 Å². The molecule has 0 aliphatic rings. The summed E-state index contributed by atoms with van der Waals surface area (Å²) in [5.41, 5.74) is 0.242. The van der Waals surface area contributed by atoms with Crippen LogP contribution in [0, 0.1) is 0 Å². The molecule has 2 rings (SSSR count). The Bertz CT molecular complexity index is 660. The molecule has 104 valence electrons. The van der Waals surface area contributed by atoms with Gasteiger partial charge in [-0.05, 0) is 0 Å². The fourth-order valence-electron chi connectivity index (χ4n) is 1.62. The zero-order valence-corrected chi connectivity index (χ0v) is 11.4. The van der Waals surface area contributed by atoms with Gasteiger partial charge in [0.15, 0.2) is 5.03 Å². The minimum atomic E-state index is -3.73. The molecule has 0 aliphatic heterocycles. The lowest BCUT2D eigenvalue weighted by Gasteiger charge is -2.16. The molecule has 0 saturated heterocycles. The van der Waals surface area contributed by atoms with E-state index in [1.165, 1.54) is 13.2 Å². The van der Waals surface area contributed by atoms with Gasteiger partial charge in [-0.3, -0.25) is 5.10 Å². The third kappa shape index (κ3) is 2.53. The topological polar surface area (TPSA) is 104 Å². The molecule has 2 aromatic rings. The lowest BCUT2D eigenvalue weighted by atomic mass is 10.4. The molecule has 0 amide bonds. The van der Waals surface area contributed by atoms with Crippen molar-refractivity contribution in [3.63, 3.8) is 0 Å². The van der Waals surface area contributed by atoms with Crippen LogP contribution < -0.4 is 0 Å². The zero-order chi connectivity index (χ0) is 14.0. The minimum absolute atomic E-state index is 0.0910. The van der Waals surface area contributed by atoms with Gasteiger partial charge in [0, 0.05) is 32.1 Å². The van der Waals surface area contributed by atoms with E-state index in [0.717, 1.165) is 4.31 Å². The van der Waals surface area contributed by atoms with Gasteiger partial charge in [-0.25, -0.2) is 13.4 Å². The van der Waals surface area contributed by atoms with Gasteiger partial charge in [-0.15, -0.1) is 0 Å². The lowest BCUT2D eigenvalue weighted by Crippen LogP contribution is -2.28. The van der Waals surface area contributed by atoms with E-state index in [2.05, 4.69) is 15.2 Å². The third-order valence-corrected chi connectivity index (χ3v) is 4.62. The predicted molar refractivity (Wildman–Crippen MR) is 66.4 cm³/mol. The van der Waals surface area contributed by atoms with Gasteiger partial charge in [0.2, 0.25) is 0 Å². The summed E-state index contributed by atoms with van der Waals surface area (Å²) in [4.78, 5) is 4.07. The van der Waals surface area contributed by atoms with Gasteiger partial charge in [-0.2, -0.15) is 9.40 Å². The van der Waals surface area contributed by atoms with Crippen molar-refractivity contribution in [1.29, 1.82) is 0 Å². The standard InChI is InChI=1S/C10H15N5O3S/c1-14-4-3-11-9(14)6-15(2)19(17,18)10-8(7-16)5-12-13-10/h3-5,16H,6-7H2,1-2H3,(H,12,13). The van der Waals surface area contributed by atoms with Crippen molar-refractivity contribution in [2.45, 2.75) is 18.2 Å². The van der Waals surface area contributed by atoms with E-state index in [9.17, 15) is 8.42 Å². The smallest absolute Gasteiger partial charge is 0.260 e. The van der Waals surface area contributed by atoms with Crippen LogP contribution in [0.1, 0.15) is 11.4 Å². The zero-order valence-electron chi connectivity index (χ0n) is 10.6. The molecule has 0 spiro atoms. The summed E-state index contributed by atoms with van der Waals surface area (Å²) in [6, 6.07) is 0. The normalized spacial score (nSPS) is 12.2. The number of aliphatic hydroxyl groups excluding tert-OH is 1. The summed E-state index contributed by atoms with van der Waals surface area (Å²) >= 11 is 0. The number of aryl methyl sites for hydroxylation is 1. The quantitative estimate of drug-likeness (QED) is 0.767. The van der Waals surface area contributed by atoms with Crippen LogP contribution in [0.4, 0.5) is 0 Å². The van der Waals surface area contributed by atoms with Crippen LogP contribution in [0.15, 0.2) is 23.6 Å². The van der Waals surface area contributed by atoms with Crippen LogP contribution in [0.25, 0.3) is 0 Å². The Morgan fingerprint density at radius 3 is 2.84 bits per heavy atom. The number of aromatic nitrogens is 4. The second-order valence-electron chi connectivity index (χ2n) is 4.10. The highest BCUT2D eigenvalue weighted by molar-refractivity contribution is 7.89. The first kappa shape index (κ1) is 13.7. The molecular weight excluding hydrogens is 270 g/mol. The molecule has 9 heteroatoms. The predicted octanol–water partition coefficient (Wildman–Crippen LogP) is -0.544. The van der Waals surface area contributed by atoms with E-state index in [1.54, 1.807) is 24.0 Å². The van der Waals surface area contributed by atoms with E-state index >= 15 is 0 Å². The molecule has 0 aromatic carbocycles. The molecule has 8 nitrogen and oxygen atoms in total. The molecule has 0 aliphatic carbocycles. The number of sulfonamides is 1. The molecule has 0 atom stereocenters. The Morgan fingerprint density at radius 1 is 1.53 bits per heavy atom. The van der Waals surface area contributed by atoms with Crippen LogP contribution in [0.2, 0.25) is 0 Å². The Labute approximate surface area is 110 Å². The number of H-pyrrole nitrogens is 1. The van der Waals surface area contributed by atoms with Gasteiger partial charge in [0.05, 0.1) is 19.3 Å². The van der Waals surface area contributed by atoms with Crippen molar-refractivity contribution >= 4 is 10.0 Å². The number of nitrogens with zero attached hydrogens (tertiary/aromatic N) is 4. The van der Waals surface area contributed by atoms with Crippen LogP contribution in [-0.2, 0) is 30.2 Å². The fraction of sp³-hybridized carbons (Fsp3) is 0.400. The number of nitrogens with one attached hydrogen (secondary N) is 1. The summed E-state index contributed by atoms with van der Waals surface area (Å²) in [7, 11) is -0.489. The first-order chi connectivity index (χ1) is 8.96. The van der Waals surface area contributed by atoms with Crippen molar-refractivity contribution < 1.29 is 13.5 Å². The van der Waals surface area contributed by atoms with Crippen molar-refractivity contribution in [3.8, 4) is 0 Å². The first-order valence-corrected chi connectivity index (χ1v) is 6.96. The average molecular weight is 285 g/mol. The number of hydrogen-bond donors (Lipinski definition) is 2. The lowest BCUT2D eigenvalue weighted by molar-refractivity contribution is 0.278. The maximum absolute atomic E-state index is 12.3. The molecule has 0 saturated carbocycles. The first-order valence-electron chi connectivity index (χ1n) is 5.52. The van der Waals surface area contributed by atoms with Gasteiger partial charge in [0.25, 0.3) is 10.0 Å². The van der Waals surface area contributed by atoms with E-state index < -0.39 is 10.0 Å². The number of aliphatic hydroxyl groups is 1. The maximum Gasteiger partial charge on any atom is 0.260 e. The van der Waals surface area contributed by atoms with Crippen molar-refractivity contribution in [2.24, 2.45) is 7.05 Å². The molecule has 19 heavy (non-hydrogen) atoms. The molecule has 0 radical (unpaired) electrons. The van der Waals surface area contributed by atoms with Crippen molar-refractivity contribution in [2.75, 3.05) is 7.05 Å².